The molecule has 0 spiro atoms. The van der Waals surface area contributed by atoms with Crippen molar-refractivity contribution >= 4 is 18.4 Å². The summed E-state index contributed by atoms with van der Waals surface area (Å²) < 4.78 is 5.28. The highest BCUT2D eigenvalue weighted by Crippen LogP contribution is 2.15. The first-order valence-electron chi connectivity index (χ1n) is 7.20. The molecule has 1 aliphatic heterocycles. The molecular formula is C16H24ClNO2. The second kappa shape index (κ2) is 8.98. The zero-order chi connectivity index (χ0) is 13.5. The van der Waals surface area contributed by atoms with Crippen LogP contribution in [0.4, 0.5) is 0 Å². The van der Waals surface area contributed by atoms with E-state index in [4.69, 9.17) is 4.74 Å². The molecule has 1 aromatic carbocycles. The Bertz CT molecular complexity index is 397. The van der Waals surface area contributed by atoms with Gasteiger partial charge in [0.2, 0.25) is 0 Å². The molecule has 0 bridgehead atoms. The van der Waals surface area contributed by atoms with Crippen molar-refractivity contribution in [3.63, 3.8) is 0 Å². The van der Waals surface area contributed by atoms with E-state index in [2.05, 4.69) is 11.8 Å². The Hall–Kier alpha value is -1.06. The van der Waals surface area contributed by atoms with E-state index >= 15 is 0 Å². The van der Waals surface area contributed by atoms with Gasteiger partial charge in [-0.2, -0.15) is 0 Å². The van der Waals surface area contributed by atoms with Crippen LogP contribution < -0.4 is 0 Å². The smallest absolute Gasteiger partial charge is 0.338 e. The topological polar surface area (TPSA) is 29.5 Å². The summed E-state index contributed by atoms with van der Waals surface area (Å²) in [5.41, 5.74) is 0.633. The number of hydrogen-bond donors (Lipinski definition) is 0. The van der Waals surface area contributed by atoms with Crippen molar-refractivity contribution in [2.24, 2.45) is 5.92 Å². The van der Waals surface area contributed by atoms with Crippen molar-refractivity contribution in [3.8, 4) is 0 Å². The van der Waals surface area contributed by atoms with E-state index in [0.717, 1.165) is 18.9 Å². The first-order valence-corrected chi connectivity index (χ1v) is 7.20. The lowest BCUT2D eigenvalue weighted by atomic mass is 10.0. The molecule has 112 valence electrons. The van der Waals surface area contributed by atoms with Crippen LogP contribution in [0.5, 0.6) is 0 Å². The summed E-state index contributed by atoms with van der Waals surface area (Å²) in [6, 6.07) is 9.18. The molecule has 1 unspecified atom stereocenters. The summed E-state index contributed by atoms with van der Waals surface area (Å²) in [7, 11) is 0. The van der Waals surface area contributed by atoms with Gasteiger partial charge in [-0.05, 0) is 43.9 Å². The predicted molar refractivity (Wildman–Crippen MR) is 83.4 cm³/mol. The number of carbonyl (C=O) groups excluding carboxylic acids is 1. The lowest BCUT2D eigenvalue weighted by Gasteiger charge is -2.30. The number of nitrogens with zero attached hydrogens (tertiary/aromatic N) is 1. The third-order valence-electron chi connectivity index (χ3n) is 3.60. The number of esters is 1. The highest BCUT2D eigenvalue weighted by atomic mass is 35.5. The summed E-state index contributed by atoms with van der Waals surface area (Å²) >= 11 is 0. The Morgan fingerprint density at radius 3 is 2.80 bits per heavy atom. The minimum absolute atomic E-state index is 0. The van der Waals surface area contributed by atoms with Crippen LogP contribution in [-0.2, 0) is 4.74 Å². The van der Waals surface area contributed by atoms with Crippen molar-refractivity contribution < 1.29 is 9.53 Å². The van der Waals surface area contributed by atoms with Gasteiger partial charge < -0.3 is 9.64 Å². The van der Waals surface area contributed by atoms with E-state index in [-0.39, 0.29) is 18.4 Å². The standard InChI is InChI=1S/C16H23NO2.ClH/c1-14-7-5-10-17(13-14)11-6-12-19-16(18)15-8-3-2-4-9-15;/h2-4,8-9,14H,5-7,10-13H2,1H3;1H. The molecule has 3 nitrogen and oxygen atoms in total. The Labute approximate surface area is 127 Å². The normalized spacial score (nSPS) is 19.1. The lowest BCUT2D eigenvalue weighted by Crippen LogP contribution is -2.35. The molecule has 0 saturated carbocycles. The molecule has 1 heterocycles. The molecule has 0 aliphatic carbocycles. The molecular weight excluding hydrogens is 274 g/mol. The first kappa shape index (κ1) is 17.0. The third kappa shape index (κ3) is 5.51. The fourth-order valence-electron chi connectivity index (χ4n) is 2.60. The molecule has 0 aromatic heterocycles. The third-order valence-corrected chi connectivity index (χ3v) is 3.60. The fourth-order valence-corrected chi connectivity index (χ4v) is 2.60. The van der Waals surface area contributed by atoms with Gasteiger partial charge in [-0.25, -0.2) is 4.79 Å². The summed E-state index contributed by atoms with van der Waals surface area (Å²) in [5, 5.41) is 0. The molecule has 1 fully saturated rings. The summed E-state index contributed by atoms with van der Waals surface area (Å²) in [4.78, 5) is 14.2. The number of piperidine rings is 1. The van der Waals surface area contributed by atoms with Crippen LogP contribution >= 0.6 is 12.4 Å². The van der Waals surface area contributed by atoms with Crippen molar-refractivity contribution in [2.45, 2.75) is 26.2 Å². The first-order chi connectivity index (χ1) is 9.25. The Morgan fingerprint density at radius 1 is 1.35 bits per heavy atom. The highest BCUT2D eigenvalue weighted by Gasteiger charge is 2.15. The van der Waals surface area contributed by atoms with E-state index < -0.39 is 0 Å². The van der Waals surface area contributed by atoms with Crippen molar-refractivity contribution in [2.75, 3.05) is 26.2 Å². The number of hydrogen-bond acceptors (Lipinski definition) is 3. The molecule has 1 aromatic rings. The molecule has 2 rings (SSSR count). The van der Waals surface area contributed by atoms with Gasteiger partial charge in [-0.1, -0.05) is 25.1 Å². The van der Waals surface area contributed by atoms with E-state index in [9.17, 15) is 4.79 Å². The quantitative estimate of drug-likeness (QED) is 0.616. The number of rotatable bonds is 5. The molecule has 0 radical (unpaired) electrons. The van der Waals surface area contributed by atoms with Crippen LogP contribution in [0.1, 0.15) is 36.5 Å². The molecule has 1 atom stereocenters. The monoisotopic (exact) mass is 297 g/mol. The van der Waals surface area contributed by atoms with Gasteiger partial charge in [0.15, 0.2) is 0 Å². The SMILES string of the molecule is CC1CCCN(CCCOC(=O)c2ccccc2)C1.Cl. The fraction of sp³-hybridized carbons (Fsp3) is 0.562. The molecule has 1 aliphatic rings. The number of ether oxygens (including phenoxy) is 1. The van der Waals surface area contributed by atoms with Crippen molar-refractivity contribution in [3.05, 3.63) is 35.9 Å². The lowest BCUT2D eigenvalue weighted by molar-refractivity contribution is 0.0481. The van der Waals surface area contributed by atoms with E-state index in [1.54, 1.807) is 12.1 Å². The van der Waals surface area contributed by atoms with Crippen LogP contribution in [0, 0.1) is 5.92 Å². The average Bonchev–Trinajstić information content (AvgIpc) is 2.44. The number of benzene rings is 1. The molecule has 20 heavy (non-hydrogen) atoms. The Morgan fingerprint density at radius 2 is 2.10 bits per heavy atom. The summed E-state index contributed by atoms with van der Waals surface area (Å²) in [6.45, 7) is 6.23. The van der Waals surface area contributed by atoms with E-state index in [0.29, 0.717) is 12.2 Å². The Kier molecular flexibility index (Phi) is 7.63. The highest BCUT2D eigenvalue weighted by molar-refractivity contribution is 5.89. The largest absolute Gasteiger partial charge is 0.462 e. The maximum absolute atomic E-state index is 11.7. The van der Waals surface area contributed by atoms with Gasteiger partial charge in [0.25, 0.3) is 0 Å². The van der Waals surface area contributed by atoms with Gasteiger partial charge in [0, 0.05) is 13.1 Å². The van der Waals surface area contributed by atoms with Gasteiger partial charge in [-0.3, -0.25) is 0 Å². The van der Waals surface area contributed by atoms with Crippen molar-refractivity contribution in [1.82, 2.24) is 4.90 Å². The van der Waals surface area contributed by atoms with Crippen LogP contribution in [-0.4, -0.2) is 37.1 Å². The van der Waals surface area contributed by atoms with Crippen LogP contribution in [0.15, 0.2) is 30.3 Å². The van der Waals surface area contributed by atoms with E-state index in [1.807, 2.05) is 18.2 Å². The van der Waals surface area contributed by atoms with Gasteiger partial charge in [0.05, 0.1) is 12.2 Å². The van der Waals surface area contributed by atoms with E-state index in [1.165, 1.54) is 25.9 Å². The number of halogens is 1. The molecule has 1 saturated heterocycles. The van der Waals surface area contributed by atoms with Crippen molar-refractivity contribution in [1.29, 1.82) is 0 Å². The Balaban J connectivity index is 0.00000200. The minimum atomic E-state index is -0.215. The van der Waals surface area contributed by atoms with Crippen LogP contribution in [0.2, 0.25) is 0 Å². The van der Waals surface area contributed by atoms with Gasteiger partial charge in [-0.15, -0.1) is 12.4 Å². The zero-order valence-corrected chi connectivity index (χ0v) is 12.9. The summed E-state index contributed by atoms with van der Waals surface area (Å²) in [5.74, 6) is 0.591. The van der Waals surface area contributed by atoms with Crippen LogP contribution in [0.25, 0.3) is 0 Å². The second-order valence-corrected chi connectivity index (χ2v) is 5.40. The maximum Gasteiger partial charge on any atom is 0.338 e. The second-order valence-electron chi connectivity index (χ2n) is 5.40. The maximum atomic E-state index is 11.7. The van der Waals surface area contributed by atoms with Crippen LogP contribution in [0.3, 0.4) is 0 Å². The average molecular weight is 298 g/mol. The zero-order valence-electron chi connectivity index (χ0n) is 12.1. The summed E-state index contributed by atoms with van der Waals surface area (Å²) in [6.07, 6.45) is 3.57. The minimum Gasteiger partial charge on any atom is -0.462 e. The molecule has 4 heteroatoms. The number of likely N-dealkylation sites (tertiary alicyclic amines) is 1. The number of carbonyl (C=O) groups is 1. The van der Waals surface area contributed by atoms with Gasteiger partial charge in [0.1, 0.15) is 0 Å². The van der Waals surface area contributed by atoms with Gasteiger partial charge >= 0.3 is 5.97 Å². The molecule has 0 N–H and O–H groups in total. The molecule has 0 amide bonds. The predicted octanol–water partition coefficient (Wildman–Crippen LogP) is 3.39.